The van der Waals surface area contributed by atoms with Crippen molar-refractivity contribution in [1.82, 2.24) is 0 Å². The zero-order valence-electron chi connectivity index (χ0n) is 12.7. The molecule has 0 aromatic carbocycles. The van der Waals surface area contributed by atoms with Gasteiger partial charge in [0.2, 0.25) is 0 Å². The third-order valence-electron chi connectivity index (χ3n) is 3.64. The minimum atomic E-state index is -0.497. The van der Waals surface area contributed by atoms with Gasteiger partial charge in [-0.25, -0.2) is 0 Å². The SMILES string of the molecule is CCCC[C](CCCC)(CCCC)[Sn]/[CH]=C/CO. The summed E-state index contributed by atoms with van der Waals surface area (Å²) in [7, 11) is 0. The molecule has 0 fully saturated rings. The third-order valence-corrected chi connectivity index (χ3v) is 8.68. The Morgan fingerprint density at radius 1 is 0.889 bits per heavy atom. The Hall–Kier alpha value is 0.499. The van der Waals surface area contributed by atoms with Crippen LogP contribution in [0.25, 0.3) is 0 Å². The van der Waals surface area contributed by atoms with Gasteiger partial charge in [-0.1, -0.05) is 0 Å². The van der Waals surface area contributed by atoms with E-state index in [0.717, 1.165) is 0 Å². The van der Waals surface area contributed by atoms with Crippen LogP contribution in [0.1, 0.15) is 78.6 Å². The predicted octanol–water partition coefficient (Wildman–Crippen LogP) is 4.93. The van der Waals surface area contributed by atoms with E-state index in [1.165, 1.54) is 57.8 Å². The van der Waals surface area contributed by atoms with E-state index in [1.54, 1.807) is 0 Å². The van der Waals surface area contributed by atoms with Crippen LogP contribution in [0.3, 0.4) is 0 Å². The Morgan fingerprint density at radius 2 is 1.33 bits per heavy atom. The van der Waals surface area contributed by atoms with Gasteiger partial charge in [0.05, 0.1) is 0 Å². The molecule has 0 spiro atoms. The molecule has 0 aromatic heterocycles. The van der Waals surface area contributed by atoms with Crippen molar-refractivity contribution in [1.29, 1.82) is 0 Å². The first-order valence-corrected chi connectivity index (χ1v) is 10.9. The quantitative estimate of drug-likeness (QED) is 0.490. The van der Waals surface area contributed by atoms with Crippen molar-refractivity contribution >= 4 is 21.1 Å². The molecule has 2 radical (unpaired) electrons. The standard InChI is InChI=1S/C13H27.C3H5O.Sn/c1-4-7-10-13(11-8-5-2)12-9-6-3;1-2-3-4;/h4-12H2,1-3H3;1-2,4H,3H2;. The summed E-state index contributed by atoms with van der Waals surface area (Å²) < 4.78 is 3.06. The van der Waals surface area contributed by atoms with Gasteiger partial charge >= 0.3 is 125 Å². The van der Waals surface area contributed by atoms with Gasteiger partial charge in [0.1, 0.15) is 0 Å². The van der Waals surface area contributed by atoms with E-state index in [1.807, 2.05) is 6.08 Å². The van der Waals surface area contributed by atoms with E-state index in [0.29, 0.717) is 3.43 Å². The molecular formula is C16H32OSn. The van der Waals surface area contributed by atoms with Crippen molar-refractivity contribution in [2.75, 3.05) is 6.61 Å². The summed E-state index contributed by atoms with van der Waals surface area (Å²) in [5.41, 5.74) is 0. The molecule has 0 rings (SSSR count). The van der Waals surface area contributed by atoms with Gasteiger partial charge < -0.3 is 0 Å². The summed E-state index contributed by atoms with van der Waals surface area (Å²) in [5.74, 6) is 0. The molecule has 0 aliphatic carbocycles. The second kappa shape index (κ2) is 12.5. The second-order valence-electron chi connectivity index (χ2n) is 5.32. The summed E-state index contributed by atoms with van der Waals surface area (Å²) in [6, 6.07) is 0. The van der Waals surface area contributed by atoms with E-state index in [9.17, 15) is 0 Å². The van der Waals surface area contributed by atoms with Crippen LogP contribution < -0.4 is 0 Å². The fourth-order valence-corrected chi connectivity index (χ4v) is 6.82. The van der Waals surface area contributed by atoms with Crippen LogP contribution in [0.15, 0.2) is 10.2 Å². The van der Waals surface area contributed by atoms with Crippen LogP contribution in [-0.4, -0.2) is 32.9 Å². The number of unbranched alkanes of at least 4 members (excludes halogenated alkanes) is 3. The van der Waals surface area contributed by atoms with Gasteiger partial charge in [0.15, 0.2) is 0 Å². The second-order valence-corrected chi connectivity index (χ2v) is 10.1. The van der Waals surface area contributed by atoms with Gasteiger partial charge in [0, 0.05) is 0 Å². The number of hydrogen-bond donors (Lipinski definition) is 1. The molecule has 0 aliphatic rings. The molecule has 0 aromatic rings. The van der Waals surface area contributed by atoms with Crippen molar-refractivity contribution in [3.63, 3.8) is 0 Å². The topological polar surface area (TPSA) is 20.2 Å². The summed E-state index contributed by atoms with van der Waals surface area (Å²) in [5, 5.41) is 8.93. The molecule has 106 valence electrons. The average Bonchev–Trinajstić information content (AvgIpc) is 2.40. The van der Waals surface area contributed by atoms with Gasteiger partial charge in [-0.15, -0.1) is 0 Å². The van der Waals surface area contributed by atoms with Crippen LogP contribution in [0.4, 0.5) is 0 Å². The maximum absolute atomic E-state index is 8.93. The van der Waals surface area contributed by atoms with Crippen molar-refractivity contribution in [2.45, 2.75) is 82.0 Å². The molecule has 1 nitrogen and oxygen atoms in total. The van der Waals surface area contributed by atoms with Gasteiger partial charge in [-0.2, -0.15) is 0 Å². The Labute approximate surface area is 125 Å². The normalized spacial score (nSPS) is 12.4. The molecule has 0 atom stereocenters. The van der Waals surface area contributed by atoms with Gasteiger partial charge in [-0.3, -0.25) is 0 Å². The summed E-state index contributed by atoms with van der Waals surface area (Å²) in [6.45, 7) is 7.14. The van der Waals surface area contributed by atoms with Crippen LogP contribution in [0, 0.1) is 0 Å². The minimum absolute atomic E-state index is 0.228. The molecule has 1 N–H and O–H groups in total. The first-order valence-electron chi connectivity index (χ1n) is 7.78. The van der Waals surface area contributed by atoms with E-state index >= 15 is 0 Å². The van der Waals surface area contributed by atoms with Crippen molar-refractivity contribution < 1.29 is 5.11 Å². The number of aliphatic hydroxyl groups is 1. The first-order chi connectivity index (χ1) is 8.74. The Kier molecular flexibility index (Phi) is 12.9. The van der Waals surface area contributed by atoms with Crippen molar-refractivity contribution in [2.24, 2.45) is 0 Å². The molecule has 0 bridgehead atoms. The number of hydrogen-bond acceptors (Lipinski definition) is 1. The Balaban J connectivity index is 4.56. The van der Waals surface area contributed by atoms with E-state index in [4.69, 9.17) is 5.11 Å². The number of aliphatic hydroxyl groups excluding tert-OH is 1. The molecule has 18 heavy (non-hydrogen) atoms. The Bertz CT molecular complexity index is 179. The molecular weight excluding hydrogens is 327 g/mol. The van der Waals surface area contributed by atoms with Crippen molar-refractivity contribution in [3.05, 3.63) is 10.2 Å². The van der Waals surface area contributed by atoms with Gasteiger partial charge in [-0.05, 0) is 0 Å². The van der Waals surface area contributed by atoms with Crippen LogP contribution in [0.2, 0.25) is 3.43 Å². The molecule has 0 unspecified atom stereocenters. The molecule has 2 heteroatoms. The first kappa shape index (κ1) is 18.5. The predicted molar refractivity (Wildman–Crippen MR) is 83.2 cm³/mol. The molecule has 0 aliphatic heterocycles. The van der Waals surface area contributed by atoms with Crippen LogP contribution in [0.5, 0.6) is 0 Å². The average molecular weight is 359 g/mol. The maximum atomic E-state index is 8.93. The van der Waals surface area contributed by atoms with Gasteiger partial charge in [0.25, 0.3) is 0 Å². The van der Waals surface area contributed by atoms with Crippen LogP contribution in [-0.2, 0) is 0 Å². The monoisotopic (exact) mass is 360 g/mol. The van der Waals surface area contributed by atoms with Crippen LogP contribution >= 0.6 is 0 Å². The zero-order chi connectivity index (χ0) is 13.7. The summed E-state index contributed by atoms with van der Waals surface area (Å²) >= 11 is -0.497. The summed E-state index contributed by atoms with van der Waals surface area (Å²) in [6.07, 6.45) is 14.4. The third kappa shape index (κ3) is 8.57. The summed E-state index contributed by atoms with van der Waals surface area (Å²) in [4.78, 5) is 0. The van der Waals surface area contributed by atoms with E-state index < -0.39 is 21.1 Å². The number of rotatable bonds is 12. The fraction of sp³-hybridized carbons (Fsp3) is 0.875. The fourth-order valence-electron chi connectivity index (χ4n) is 2.43. The molecule has 0 saturated carbocycles. The van der Waals surface area contributed by atoms with Crippen molar-refractivity contribution in [3.8, 4) is 0 Å². The van der Waals surface area contributed by atoms with E-state index in [2.05, 4.69) is 24.9 Å². The molecule has 0 heterocycles. The zero-order valence-corrected chi connectivity index (χ0v) is 15.5. The van der Waals surface area contributed by atoms with E-state index in [-0.39, 0.29) is 6.61 Å². The Morgan fingerprint density at radius 3 is 1.67 bits per heavy atom. The molecule has 0 amide bonds. The molecule has 0 saturated heterocycles.